The van der Waals surface area contributed by atoms with Crippen LogP contribution >= 0.6 is 0 Å². The number of carbonyl (C=O) groups excluding carboxylic acids is 2. The molecule has 4 N–H and O–H groups in total. The number of amidine groups is 1. The van der Waals surface area contributed by atoms with E-state index in [0.29, 0.717) is 36.1 Å². The van der Waals surface area contributed by atoms with Gasteiger partial charge in [-0.2, -0.15) is 4.99 Å². The third-order valence-electron chi connectivity index (χ3n) is 6.04. The van der Waals surface area contributed by atoms with Crippen LogP contribution in [0.3, 0.4) is 0 Å². The van der Waals surface area contributed by atoms with Gasteiger partial charge >= 0.3 is 0 Å². The molecule has 2 amide bonds. The maximum atomic E-state index is 13.2. The first-order valence-corrected chi connectivity index (χ1v) is 12.0. The smallest absolute Gasteiger partial charge is 0.270 e. The zero-order chi connectivity index (χ0) is 25.4. The predicted molar refractivity (Wildman–Crippen MR) is 134 cm³/mol. The molecule has 1 aliphatic carbocycles. The average molecular weight is 485 g/mol. The van der Waals surface area contributed by atoms with Crippen molar-refractivity contribution >= 4 is 17.6 Å². The number of benzene rings is 1. The normalized spacial score (nSPS) is 18.2. The third kappa shape index (κ3) is 7.85. The molecule has 1 aliphatic heterocycles. The Morgan fingerprint density at radius 1 is 1.31 bits per heavy atom. The van der Waals surface area contributed by atoms with E-state index in [1.54, 1.807) is 33.1 Å². The number of nitrogens with two attached hydrogens (primary N) is 1. The highest BCUT2D eigenvalue weighted by atomic mass is 16.5. The van der Waals surface area contributed by atoms with Crippen LogP contribution in [0.1, 0.15) is 46.0 Å². The number of hydrogen-bond acceptors (Lipinski definition) is 6. The summed E-state index contributed by atoms with van der Waals surface area (Å²) in [4.78, 5) is 31.7. The highest BCUT2D eigenvalue weighted by Gasteiger charge is 2.36. The van der Waals surface area contributed by atoms with Gasteiger partial charge in [0, 0.05) is 18.8 Å². The van der Waals surface area contributed by atoms with Crippen LogP contribution in [-0.2, 0) is 9.59 Å². The van der Waals surface area contributed by atoms with Crippen LogP contribution in [0, 0.1) is 5.92 Å². The summed E-state index contributed by atoms with van der Waals surface area (Å²) in [5.41, 5.74) is 5.07. The molecule has 1 atom stereocenters. The van der Waals surface area contributed by atoms with Gasteiger partial charge in [-0.15, -0.1) is 0 Å². The highest BCUT2D eigenvalue weighted by Crippen LogP contribution is 2.33. The van der Waals surface area contributed by atoms with Crippen molar-refractivity contribution in [2.45, 2.75) is 57.6 Å². The maximum Gasteiger partial charge on any atom is 0.270 e. The molecule has 1 aromatic rings. The van der Waals surface area contributed by atoms with Crippen molar-refractivity contribution < 1.29 is 24.2 Å². The number of amides is 2. The second kappa shape index (κ2) is 11.9. The minimum atomic E-state index is -0.884. The van der Waals surface area contributed by atoms with Gasteiger partial charge in [0.15, 0.2) is 11.5 Å². The molecule has 9 heteroatoms. The van der Waals surface area contributed by atoms with Crippen molar-refractivity contribution in [1.82, 2.24) is 10.2 Å². The summed E-state index contributed by atoms with van der Waals surface area (Å²) in [6, 6.07) is 6.47. The van der Waals surface area contributed by atoms with Crippen LogP contribution in [0.4, 0.5) is 0 Å². The number of hydrogen-bond donors (Lipinski definition) is 3. The lowest BCUT2D eigenvalue weighted by Crippen LogP contribution is -2.43. The Labute approximate surface area is 206 Å². The molecule has 3 rings (SSSR count). The summed E-state index contributed by atoms with van der Waals surface area (Å²) in [6.45, 7) is 3.83. The number of para-hydroxylation sites is 2. The molecular formula is C26H36N4O5. The first-order chi connectivity index (χ1) is 16.7. The largest absolute Gasteiger partial charge is 0.493 e. The third-order valence-corrected chi connectivity index (χ3v) is 6.04. The summed E-state index contributed by atoms with van der Waals surface area (Å²) in [5.74, 6) is 1.14. The lowest BCUT2D eigenvalue weighted by Gasteiger charge is -2.27. The number of aliphatic hydroxyl groups is 1. The Morgan fingerprint density at radius 3 is 2.66 bits per heavy atom. The predicted octanol–water partition coefficient (Wildman–Crippen LogP) is 2.51. The first kappa shape index (κ1) is 26.3. The summed E-state index contributed by atoms with van der Waals surface area (Å²) in [5, 5.41) is 12.7. The number of ether oxygens (including phenoxy) is 2. The van der Waals surface area contributed by atoms with Crippen LogP contribution in [0.25, 0.3) is 0 Å². The highest BCUT2D eigenvalue weighted by molar-refractivity contribution is 6.03. The van der Waals surface area contributed by atoms with Crippen LogP contribution in [0.15, 0.2) is 53.4 Å². The van der Waals surface area contributed by atoms with E-state index in [1.165, 1.54) is 23.3 Å². The van der Waals surface area contributed by atoms with E-state index in [2.05, 4.69) is 10.3 Å². The summed E-state index contributed by atoms with van der Waals surface area (Å²) in [6.07, 6.45) is 9.27. The van der Waals surface area contributed by atoms with Crippen molar-refractivity contribution in [3.8, 4) is 11.5 Å². The Morgan fingerprint density at radius 2 is 2.00 bits per heavy atom. The molecule has 1 unspecified atom stereocenters. The average Bonchev–Trinajstić information content (AvgIpc) is 3.44. The van der Waals surface area contributed by atoms with Crippen molar-refractivity contribution in [2.75, 3.05) is 20.2 Å². The van der Waals surface area contributed by atoms with E-state index in [0.717, 1.165) is 25.7 Å². The molecule has 1 heterocycles. The number of aliphatic imine (C=N–C) groups is 1. The van der Waals surface area contributed by atoms with Crippen molar-refractivity contribution in [2.24, 2.45) is 16.6 Å². The van der Waals surface area contributed by atoms with Crippen molar-refractivity contribution in [3.05, 3.63) is 48.4 Å². The Bertz CT molecular complexity index is 990. The van der Waals surface area contributed by atoms with Gasteiger partial charge in [0.1, 0.15) is 17.6 Å². The van der Waals surface area contributed by atoms with Crippen LogP contribution in [0.5, 0.6) is 11.5 Å². The van der Waals surface area contributed by atoms with E-state index in [4.69, 9.17) is 15.2 Å². The number of carbonyl (C=O) groups is 2. The lowest BCUT2D eigenvalue weighted by molar-refractivity contribution is -0.134. The van der Waals surface area contributed by atoms with E-state index in [9.17, 15) is 14.7 Å². The van der Waals surface area contributed by atoms with Gasteiger partial charge in [0.2, 0.25) is 0 Å². The molecule has 1 saturated carbocycles. The fourth-order valence-corrected chi connectivity index (χ4v) is 4.30. The van der Waals surface area contributed by atoms with Crippen molar-refractivity contribution in [3.63, 3.8) is 0 Å². The van der Waals surface area contributed by atoms with Crippen molar-refractivity contribution in [1.29, 1.82) is 0 Å². The van der Waals surface area contributed by atoms with Crippen LogP contribution in [0.2, 0.25) is 0 Å². The molecule has 1 aromatic carbocycles. The number of nitrogens with one attached hydrogen (secondary N) is 1. The van der Waals surface area contributed by atoms with E-state index in [1.807, 2.05) is 12.1 Å². The monoisotopic (exact) mass is 484 g/mol. The van der Waals surface area contributed by atoms with Crippen LogP contribution in [-0.4, -0.2) is 59.5 Å². The Balaban J connectivity index is 1.71. The molecule has 0 bridgehead atoms. The van der Waals surface area contributed by atoms with Gasteiger partial charge in [-0.05, 0) is 44.4 Å². The van der Waals surface area contributed by atoms with E-state index in [-0.39, 0.29) is 18.3 Å². The number of methoxy groups -OCH3 is 1. The molecule has 190 valence electrons. The van der Waals surface area contributed by atoms with Gasteiger partial charge in [-0.3, -0.25) is 9.59 Å². The van der Waals surface area contributed by atoms with Gasteiger partial charge in [-0.1, -0.05) is 37.8 Å². The van der Waals surface area contributed by atoms with Crippen LogP contribution < -0.4 is 20.5 Å². The quantitative estimate of drug-likeness (QED) is 0.325. The molecule has 2 aliphatic rings. The molecule has 0 saturated heterocycles. The molecule has 1 fully saturated rings. The fraction of sp³-hybridized carbons (Fsp3) is 0.500. The molecule has 9 nitrogen and oxygen atoms in total. The Hall–Kier alpha value is -3.33. The molecule has 0 spiro atoms. The number of nitrogens with zero attached hydrogens (tertiary/aromatic N) is 2. The molecule has 35 heavy (non-hydrogen) atoms. The summed E-state index contributed by atoms with van der Waals surface area (Å²) >= 11 is 0. The van der Waals surface area contributed by atoms with E-state index < -0.39 is 17.6 Å². The lowest BCUT2D eigenvalue weighted by atomic mass is 9.97. The zero-order valence-corrected chi connectivity index (χ0v) is 20.7. The molecular weight excluding hydrogens is 448 g/mol. The maximum absolute atomic E-state index is 13.2. The fourth-order valence-electron chi connectivity index (χ4n) is 4.30. The van der Waals surface area contributed by atoms with Gasteiger partial charge < -0.3 is 30.5 Å². The van der Waals surface area contributed by atoms with Gasteiger partial charge in [0.05, 0.1) is 19.3 Å². The number of rotatable bonds is 11. The van der Waals surface area contributed by atoms with Gasteiger partial charge in [0.25, 0.3) is 11.8 Å². The molecule has 0 aromatic heterocycles. The summed E-state index contributed by atoms with van der Waals surface area (Å²) < 4.78 is 11.3. The SMILES string of the molecule is COc1ccccc1OC1=CC(=O)N(C(CC2CCCC2)C(=O)N=C(N)/C=C\NCC(C)(C)O)C1. The first-order valence-electron chi connectivity index (χ1n) is 12.0. The minimum Gasteiger partial charge on any atom is -0.493 e. The molecule has 0 radical (unpaired) electrons. The van der Waals surface area contributed by atoms with Gasteiger partial charge in [-0.25, -0.2) is 0 Å². The minimum absolute atomic E-state index is 0.0276. The second-order valence-corrected chi connectivity index (χ2v) is 9.63. The van der Waals surface area contributed by atoms with E-state index >= 15 is 0 Å². The Kier molecular flexibility index (Phi) is 8.92. The zero-order valence-electron chi connectivity index (χ0n) is 20.7. The standard InChI is InChI=1S/C26H36N4O5/c1-26(2,33)17-28-13-12-23(27)29-25(32)20(14-18-8-4-5-9-18)30-16-19(15-24(30)31)35-22-11-7-6-10-21(22)34-3/h6-7,10-13,15,18,20,28,33H,4-5,8-9,14,16-17H2,1-3H3,(H2,27,29,32)/b13-12-. The summed E-state index contributed by atoms with van der Waals surface area (Å²) in [7, 11) is 1.55. The second-order valence-electron chi connectivity index (χ2n) is 9.63. The topological polar surface area (TPSA) is 126 Å².